The van der Waals surface area contributed by atoms with Gasteiger partial charge in [-0.2, -0.15) is 0 Å². The zero-order valence-electron chi connectivity index (χ0n) is 53.6. The molecule has 0 rings (SSSR count). The van der Waals surface area contributed by atoms with Crippen molar-refractivity contribution in [3.63, 3.8) is 0 Å². The summed E-state index contributed by atoms with van der Waals surface area (Å²) in [6.07, 6.45) is 88.4. The van der Waals surface area contributed by atoms with Crippen molar-refractivity contribution in [2.75, 3.05) is 13.2 Å². The first-order chi connectivity index (χ1) is 39.5. The molecular weight excluding hydrogens is 985 g/mol. The molecule has 0 fully saturated rings. The molecule has 0 bridgehead atoms. The quantitative estimate of drug-likeness (QED) is 0.0261. The van der Waals surface area contributed by atoms with Gasteiger partial charge in [-0.1, -0.05) is 332 Å². The van der Waals surface area contributed by atoms with Crippen molar-refractivity contribution in [3.8, 4) is 0 Å². The third-order valence-electron chi connectivity index (χ3n) is 15.8. The lowest BCUT2D eigenvalue weighted by molar-refractivity contribution is -0.167. The summed E-state index contributed by atoms with van der Waals surface area (Å²) in [7, 11) is 0. The molecule has 80 heavy (non-hydrogen) atoms. The van der Waals surface area contributed by atoms with Crippen molar-refractivity contribution in [2.45, 2.75) is 380 Å². The van der Waals surface area contributed by atoms with E-state index in [4.69, 9.17) is 14.2 Å². The van der Waals surface area contributed by atoms with Gasteiger partial charge in [0.2, 0.25) is 0 Å². The highest BCUT2D eigenvalue weighted by molar-refractivity contribution is 5.71. The minimum absolute atomic E-state index is 0.0826. The van der Waals surface area contributed by atoms with Crippen LogP contribution < -0.4 is 0 Å². The normalized spacial score (nSPS) is 12.4. The van der Waals surface area contributed by atoms with E-state index >= 15 is 0 Å². The molecule has 0 saturated heterocycles. The summed E-state index contributed by atoms with van der Waals surface area (Å²) in [5.41, 5.74) is 0. The van der Waals surface area contributed by atoms with Crippen LogP contribution in [0.2, 0.25) is 0 Å². The minimum atomic E-state index is -0.789. The van der Waals surface area contributed by atoms with E-state index in [-0.39, 0.29) is 31.1 Å². The smallest absolute Gasteiger partial charge is 0.306 e. The molecule has 0 aromatic rings. The summed E-state index contributed by atoms with van der Waals surface area (Å²) < 4.78 is 16.9. The van der Waals surface area contributed by atoms with Gasteiger partial charge in [-0.25, -0.2) is 0 Å². The standard InChI is InChI=1S/C74H134O6/c1-4-7-10-13-16-19-22-25-28-30-31-32-33-34-35-36-37-38-39-40-41-42-43-44-47-49-52-55-58-61-64-67-73(76)79-70-71(69-78-72(75)66-63-60-57-54-51-48-45-27-24-21-18-15-12-9-6-3)80-74(77)68-65-62-59-56-53-50-46-29-26-23-20-17-14-11-8-5-2/h9,12,18,21,27,30-31,45,51,54,71H,4-8,10-11,13-17,19-20,22-26,28-29,32-44,46-50,52-53,55-70H2,1-3H3/b12-9-,21-18-,31-30-,45-27-,54-51-. The molecular formula is C74H134O6. The van der Waals surface area contributed by atoms with E-state index in [2.05, 4.69) is 81.5 Å². The SMILES string of the molecule is CC/C=C\C/C=C\C/C=C\C/C=C\CCCCC(=O)OCC(COC(=O)CCCCCCCCCCCCCCCCCCCCC/C=C\CCCCCCCCCC)OC(=O)CCCCCCCCCCCCCCCCCC. The molecule has 0 N–H and O–H groups in total. The number of unbranched alkanes of at least 4 members (excludes halogenated alkanes) is 44. The summed E-state index contributed by atoms with van der Waals surface area (Å²) in [6.45, 7) is 6.55. The molecule has 0 radical (unpaired) electrons. The molecule has 0 aromatic heterocycles. The van der Waals surface area contributed by atoms with Crippen LogP contribution in [0.5, 0.6) is 0 Å². The fraction of sp³-hybridized carbons (Fsp3) is 0.824. The largest absolute Gasteiger partial charge is 0.462 e. The van der Waals surface area contributed by atoms with E-state index in [1.807, 2.05) is 0 Å². The Morgan fingerprint density at radius 2 is 0.487 bits per heavy atom. The summed E-state index contributed by atoms with van der Waals surface area (Å²) in [4.78, 5) is 38.4. The maximum atomic E-state index is 12.9. The lowest BCUT2D eigenvalue weighted by Gasteiger charge is -2.18. The van der Waals surface area contributed by atoms with E-state index in [0.717, 1.165) is 83.5 Å². The van der Waals surface area contributed by atoms with Crippen LogP contribution >= 0.6 is 0 Å². The van der Waals surface area contributed by atoms with Crippen molar-refractivity contribution in [1.82, 2.24) is 0 Å². The molecule has 0 heterocycles. The molecule has 0 spiro atoms. The zero-order valence-corrected chi connectivity index (χ0v) is 53.6. The Morgan fingerprint density at radius 3 is 0.800 bits per heavy atom. The molecule has 0 aliphatic rings. The van der Waals surface area contributed by atoms with E-state index in [9.17, 15) is 14.4 Å². The lowest BCUT2D eigenvalue weighted by Crippen LogP contribution is -2.30. The van der Waals surface area contributed by atoms with E-state index in [1.54, 1.807) is 0 Å². The van der Waals surface area contributed by atoms with Crippen molar-refractivity contribution in [2.24, 2.45) is 0 Å². The topological polar surface area (TPSA) is 78.9 Å². The number of carbonyl (C=O) groups is 3. The molecule has 466 valence electrons. The van der Waals surface area contributed by atoms with Gasteiger partial charge in [0.15, 0.2) is 6.10 Å². The van der Waals surface area contributed by atoms with Gasteiger partial charge in [-0.15, -0.1) is 0 Å². The molecule has 0 amide bonds. The molecule has 0 aromatic carbocycles. The molecule has 6 nitrogen and oxygen atoms in total. The van der Waals surface area contributed by atoms with Gasteiger partial charge in [0, 0.05) is 19.3 Å². The number of hydrogen-bond acceptors (Lipinski definition) is 6. The van der Waals surface area contributed by atoms with Crippen molar-refractivity contribution in [1.29, 1.82) is 0 Å². The first-order valence-corrected chi connectivity index (χ1v) is 35.3. The molecule has 0 aliphatic heterocycles. The molecule has 0 saturated carbocycles. The predicted octanol–water partition coefficient (Wildman–Crippen LogP) is 24.3. The highest BCUT2D eigenvalue weighted by Crippen LogP contribution is 2.18. The van der Waals surface area contributed by atoms with Gasteiger partial charge in [-0.05, 0) is 83.5 Å². The molecule has 1 atom stereocenters. The average Bonchev–Trinajstić information content (AvgIpc) is 3.46. The highest BCUT2D eigenvalue weighted by atomic mass is 16.6. The lowest BCUT2D eigenvalue weighted by atomic mass is 10.0. The Bertz CT molecular complexity index is 1430. The number of rotatable bonds is 65. The van der Waals surface area contributed by atoms with E-state index in [0.29, 0.717) is 19.3 Å². The van der Waals surface area contributed by atoms with Crippen LogP contribution in [0, 0.1) is 0 Å². The summed E-state index contributed by atoms with van der Waals surface area (Å²) in [6, 6.07) is 0. The Hall–Kier alpha value is -2.89. The van der Waals surface area contributed by atoms with Crippen LogP contribution in [0.15, 0.2) is 60.8 Å². The number of hydrogen-bond donors (Lipinski definition) is 0. The van der Waals surface area contributed by atoms with Gasteiger partial charge in [0.25, 0.3) is 0 Å². The number of esters is 3. The van der Waals surface area contributed by atoms with Crippen molar-refractivity contribution < 1.29 is 28.6 Å². The second-order valence-corrected chi connectivity index (χ2v) is 23.8. The average molecular weight is 1120 g/mol. The van der Waals surface area contributed by atoms with Crippen LogP contribution in [0.25, 0.3) is 0 Å². The van der Waals surface area contributed by atoms with Gasteiger partial charge >= 0.3 is 17.9 Å². The first-order valence-electron chi connectivity index (χ1n) is 35.3. The first kappa shape index (κ1) is 77.1. The van der Waals surface area contributed by atoms with Gasteiger partial charge in [0.05, 0.1) is 0 Å². The van der Waals surface area contributed by atoms with Crippen LogP contribution in [0.1, 0.15) is 374 Å². The number of allylic oxidation sites excluding steroid dienone is 10. The predicted molar refractivity (Wildman–Crippen MR) is 348 cm³/mol. The van der Waals surface area contributed by atoms with E-state index in [1.165, 1.54) is 250 Å². The second-order valence-electron chi connectivity index (χ2n) is 23.8. The molecule has 0 aliphatic carbocycles. The second kappa shape index (κ2) is 68.6. The van der Waals surface area contributed by atoms with Crippen LogP contribution in [-0.2, 0) is 28.6 Å². The van der Waals surface area contributed by atoms with Gasteiger partial charge in [-0.3, -0.25) is 14.4 Å². The van der Waals surface area contributed by atoms with E-state index < -0.39 is 6.10 Å². The maximum absolute atomic E-state index is 12.9. The monoisotopic (exact) mass is 1120 g/mol. The zero-order chi connectivity index (χ0) is 57.8. The minimum Gasteiger partial charge on any atom is -0.462 e. The van der Waals surface area contributed by atoms with Crippen LogP contribution in [-0.4, -0.2) is 37.2 Å². The third-order valence-corrected chi connectivity index (χ3v) is 15.8. The number of carbonyl (C=O) groups excluding carboxylic acids is 3. The van der Waals surface area contributed by atoms with Gasteiger partial charge < -0.3 is 14.2 Å². The fourth-order valence-corrected chi connectivity index (χ4v) is 10.5. The Morgan fingerprint density at radius 1 is 0.263 bits per heavy atom. The Labute approximate surface area is 498 Å². The van der Waals surface area contributed by atoms with Crippen LogP contribution in [0.3, 0.4) is 0 Å². The van der Waals surface area contributed by atoms with Gasteiger partial charge in [0.1, 0.15) is 13.2 Å². The summed E-state index contributed by atoms with van der Waals surface area (Å²) in [5, 5.41) is 0. The van der Waals surface area contributed by atoms with Crippen LogP contribution in [0.4, 0.5) is 0 Å². The fourth-order valence-electron chi connectivity index (χ4n) is 10.5. The highest BCUT2D eigenvalue weighted by Gasteiger charge is 2.19. The maximum Gasteiger partial charge on any atom is 0.306 e. The molecule has 6 heteroatoms. The third kappa shape index (κ3) is 65.9. The molecule has 1 unspecified atom stereocenters. The van der Waals surface area contributed by atoms with Crippen molar-refractivity contribution in [3.05, 3.63) is 60.8 Å². The Kier molecular flexibility index (Phi) is 66.1. The summed E-state index contributed by atoms with van der Waals surface area (Å²) in [5.74, 6) is -0.903. The Balaban J connectivity index is 4.19. The number of ether oxygens (including phenoxy) is 3. The van der Waals surface area contributed by atoms with Crippen molar-refractivity contribution >= 4 is 17.9 Å². The summed E-state index contributed by atoms with van der Waals surface area (Å²) >= 11 is 0.